The van der Waals surface area contributed by atoms with Crippen LogP contribution in [0.4, 0.5) is 5.69 Å². The van der Waals surface area contributed by atoms with Crippen LogP contribution in [0.25, 0.3) is 0 Å². The van der Waals surface area contributed by atoms with Gasteiger partial charge in [-0.1, -0.05) is 13.0 Å². The molecule has 1 aromatic rings. The van der Waals surface area contributed by atoms with Crippen molar-refractivity contribution >= 4 is 11.6 Å². The molecule has 20 heavy (non-hydrogen) atoms. The summed E-state index contributed by atoms with van der Waals surface area (Å²) >= 11 is 0. The lowest BCUT2D eigenvalue weighted by atomic mass is 10.1. The monoisotopic (exact) mass is 273 g/mol. The summed E-state index contributed by atoms with van der Waals surface area (Å²) in [5.41, 5.74) is 1.49. The van der Waals surface area contributed by atoms with Crippen LogP contribution < -0.4 is 10.2 Å². The maximum absolute atomic E-state index is 12.2. The molecule has 5 heteroatoms. The number of amides is 1. The summed E-state index contributed by atoms with van der Waals surface area (Å²) in [6.07, 6.45) is 0.906. The van der Waals surface area contributed by atoms with E-state index in [1.165, 1.54) is 0 Å². The maximum Gasteiger partial charge on any atom is 0.245 e. The van der Waals surface area contributed by atoms with Gasteiger partial charge in [0.05, 0.1) is 24.8 Å². The van der Waals surface area contributed by atoms with E-state index in [9.17, 15) is 4.79 Å². The van der Waals surface area contributed by atoms with Crippen LogP contribution in [-0.4, -0.2) is 38.3 Å². The zero-order valence-electron chi connectivity index (χ0n) is 11.6. The molecule has 1 aliphatic heterocycles. The molecule has 0 spiro atoms. The Kier molecular flexibility index (Phi) is 4.97. The van der Waals surface area contributed by atoms with E-state index in [0.29, 0.717) is 31.9 Å². The Balaban J connectivity index is 2.17. The van der Waals surface area contributed by atoms with Crippen molar-refractivity contribution < 1.29 is 9.53 Å². The summed E-state index contributed by atoms with van der Waals surface area (Å²) in [4.78, 5) is 14.2. The molecule has 0 saturated carbocycles. The molecular formula is C15H19N3O2. The maximum atomic E-state index is 12.2. The number of nitrogens with one attached hydrogen (secondary N) is 1. The van der Waals surface area contributed by atoms with Crippen LogP contribution in [0.2, 0.25) is 0 Å². The topological polar surface area (TPSA) is 65.4 Å². The van der Waals surface area contributed by atoms with Crippen LogP contribution in [0.5, 0.6) is 0 Å². The fourth-order valence-electron chi connectivity index (χ4n) is 2.25. The van der Waals surface area contributed by atoms with Crippen molar-refractivity contribution in [2.24, 2.45) is 0 Å². The molecule has 0 aromatic heterocycles. The fraction of sp³-hybridized carbons (Fsp3) is 0.467. The number of nitrogens with zero attached hydrogens (tertiary/aromatic N) is 2. The van der Waals surface area contributed by atoms with E-state index in [-0.39, 0.29) is 11.9 Å². The highest BCUT2D eigenvalue weighted by atomic mass is 16.5. The normalized spacial score (nSPS) is 18.4. The molecule has 1 fully saturated rings. The summed E-state index contributed by atoms with van der Waals surface area (Å²) in [5.74, 6) is -0.0195. The predicted molar refractivity (Wildman–Crippen MR) is 76.4 cm³/mol. The number of nitriles is 1. The Labute approximate surface area is 119 Å². The molecule has 1 aromatic carbocycles. The lowest BCUT2D eigenvalue weighted by Gasteiger charge is -2.36. The van der Waals surface area contributed by atoms with Gasteiger partial charge in [0.15, 0.2) is 0 Å². The van der Waals surface area contributed by atoms with Gasteiger partial charge in [0, 0.05) is 18.8 Å². The molecule has 0 bridgehead atoms. The molecule has 1 aliphatic rings. The van der Waals surface area contributed by atoms with Crippen molar-refractivity contribution in [3.05, 3.63) is 29.8 Å². The molecular weight excluding hydrogens is 254 g/mol. The van der Waals surface area contributed by atoms with Crippen molar-refractivity contribution in [3.63, 3.8) is 0 Å². The Hall–Kier alpha value is -2.06. The minimum atomic E-state index is -0.329. The zero-order valence-corrected chi connectivity index (χ0v) is 11.6. The lowest BCUT2D eigenvalue weighted by Crippen LogP contribution is -2.54. The van der Waals surface area contributed by atoms with E-state index in [2.05, 4.69) is 11.4 Å². The average Bonchev–Trinajstić information content (AvgIpc) is 2.52. The Morgan fingerprint density at radius 2 is 2.45 bits per heavy atom. The van der Waals surface area contributed by atoms with Gasteiger partial charge in [0.25, 0.3) is 0 Å². The highest BCUT2D eigenvalue weighted by molar-refractivity contribution is 5.85. The van der Waals surface area contributed by atoms with E-state index in [4.69, 9.17) is 10.00 Å². The van der Waals surface area contributed by atoms with E-state index < -0.39 is 0 Å². The van der Waals surface area contributed by atoms with E-state index in [1.54, 1.807) is 6.07 Å². The highest BCUT2D eigenvalue weighted by Crippen LogP contribution is 2.21. The van der Waals surface area contributed by atoms with E-state index in [1.807, 2.05) is 30.0 Å². The Bertz CT molecular complexity index is 510. The van der Waals surface area contributed by atoms with Gasteiger partial charge in [-0.15, -0.1) is 0 Å². The molecule has 1 N–H and O–H groups in total. The number of anilines is 1. The van der Waals surface area contributed by atoms with Gasteiger partial charge >= 0.3 is 0 Å². The van der Waals surface area contributed by atoms with Crippen molar-refractivity contribution in [2.75, 3.05) is 31.2 Å². The van der Waals surface area contributed by atoms with Crippen molar-refractivity contribution in [2.45, 2.75) is 19.4 Å². The van der Waals surface area contributed by atoms with Crippen LogP contribution >= 0.6 is 0 Å². The summed E-state index contributed by atoms with van der Waals surface area (Å²) < 4.78 is 5.42. The first kappa shape index (κ1) is 14.4. The fourth-order valence-corrected chi connectivity index (χ4v) is 2.25. The third-order valence-electron chi connectivity index (χ3n) is 3.29. The lowest BCUT2D eigenvalue weighted by molar-refractivity contribution is -0.124. The highest BCUT2D eigenvalue weighted by Gasteiger charge is 2.29. The predicted octanol–water partition coefficient (Wildman–Crippen LogP) is 1.29. The van der Waals surface area contributed by atoms with E-state index in [0.717, 1.165) is 12.1 Å². The van der Waals surface area contributed by atoms with Crippen LogP contribution in [0.15, 0.2) is 24.3 Å². The number of benzene rings is 1. The summed E-state index contributed by atoms with van der Waals surface area (Å²) in [7, 11) is 0. The summed E-state index contributed by atoms with van der Waals surface area (Å²) in [6.45, 7) is 4.31. The first-order valence-electron chi connectivity index (χ1n) is 6.88. The molecule has 106 valence electrons. The largest absolute Gasteiger partial charge is 0.377 e. The average molecular weight is 273 g/mol. The van der Waals surface area contributed by atoms with Crippen molar-refractivity contribution in [1.29, 1.82) is 5.26 Å². The minimum absolute atomic E-state index is 0.0195. The van der Waals surface area contributed by atoms with Gasteiger partial charge in [0.1, 0.15) is 6.04 Å². The molecule has 2 rings (SSSR count). The Morgan fingerprint density at radius 3 is 3.20 bits per heavy atom. The van der Waals surface area contributed by atoms with Crippen molar-refractivity contribution in [1.82, 2.24) is 5.32 Å². The number of carbonyl (C=O) groups excluding carboxylic acids is 1. The number of hydrogen-bond donors (Lipinski definition) is 1. The first-order chi connectivity index (χ1) is 9.76. The second-order valence-electron chi connectivity index (χ2n) is 4.74. The molecule has 1 saturated heterocycles. The molecule has 5 nitrogen and oxygen atoms in total. The number of ether oxygens (including phenoxy) is 1. The molecule has 0 aliphatic carbocycles. The van der Waals surface area contributed by atoms with Crippen molar-refractivity contribution in [3.8, 4) is 6.07 Å². The van der Waals surface area contributed by atoms with Gasteiger partial charge in [-0.25, -0.2) is 0 Å². The number of hydrogen-bond acceptors (Lipinski definition) is 4. The summed E-state index contributed by atoms with van der Waals surface area (Å²) in [6, 6.07) is 9.13. The van der Waals surface area contributed by atoms with Gasteiger partial charge in [-0.3, -0.25) is 4.79 Å². The quantitative estimate of drug-likeness (QED) is 0.897. The third kappa shape index (κ3) is 3.28. The van der Waals surface area contributed by atoms with Crippen LogP contribution in [-0.2, 0) is 9.53 Å². The second kappa shape index (κ2) is 6.92. The first-order valence-corrected chi connectivity index (χ1v) is 6.88. The molecule has 1 unspecified atom stereocenters. The molecule has 1 amide bonds. The number of rotatable bonds is 4. The van der Waals surface area contributed by atoms with Gasteiger partial charge in [0.2, 0.25) is 5.91 Å². The smallest absolute Gasteiger partial charge is 0.245 e. The van der Waals surface area contributed by atoms with Gasteiger partial charge in [-0.2, -0.15) is 5.26 Å². The standard InChI is InChI=1S/C15H19N3O2/c1-2-6-17-15(19)14-11-20-8-7-18(14)13-5-3-4-12(9-13)10-16/h3-5,9,14H,2,6-8,11H2,1H3,(H,17,19). The molecule has 1 atom stereocenters. The second-order valence-corrected chi connectivity index (χ2v) is 4.74. The molecule has 1 heterocycles. The third-order valence-corrected chi connectivity index (χ3v) is 3.29. The number of carbonyl (C=O) groups is 1. The van der Waals surface area contributed by atoms with E-state index >= 15 is 0 Å². The SMILES string of the molecule is CCCNC(=O)C1COCCN1c1cccc(C#N)c1. The van der Waals surface area contributed by atoms with Crippen LogP contribution in [0.1, 0.15) is 18.9 Å². The Morgan fingerprint density at radius 1 is 1.60 bits per heavy atom. The van der Waals surface area contributed by atoms with Crippen LogP contribution in [0.3, 0.4) is 0 Å². The van der Waals surface area contributed by atoms with Crippen LogP contribution in [0, 0.1) is 11.3 Å². The molecule has 0 radical (unpaired) electrons. The van der Waals surface area contributed by atoms with Gasteiger partial charge in [-0.05, 0) is 24.6 Å². The zero-order chi connectivity index (χ0) is 14.4. The van der Waals surface area contributed by atoms with Gasteiger partial charge < -0.3 is 15.0 Å². The minimum Gasteiger partial charge on any atom is -0.377 e. The summed E-state index contributed by atoms with van der Waals surface area (Å²) in [5, 5.41) is 11.9. The number of morpholine rings is 1.